The van der Waals surface area contributed by atoms with Gasteiger partial charge in [-0.15, -0.1) is 5.10 Å². The molecule has 2 aliphatic rings. The van der Waals surface area contributed by atoms with Gasteiger partial charge in [-0.25, -0.2) is 28.5 Å². The Morgan fingerprint density at radius 3 is 2.18 bits per heavy atom. The summed E-state index contributed by atoms with van der Waals surface area (Å²) in [5.74, 6) is -0.655. The van der Waals surface area contributed by atoms with E-state index in [1.807, 2.05) is 6.20 Å². The zero-order chi connectivity index (χ0) is 55.8. The number of anilines is 1. The summed E-state index contributed by atoms with van der Waals surface area (Å²) in [7, 11) is -10.9. The number of fused-ring (bicyclic) bond motifs is 1. The molecule has 0 spiro atoms. The molecule has 5 rings (SSSR count). The maximum absolute atomic E-state index is 12.7. The first kappa shape index (κ1) is 62.8. The summed E-state index contributed by atoms with van der Waals surface area (Å²) < 4.78 is 75.8. The Hall–Kier alpha value is -5.08. The quantitative estimate of drug-likeness (QED) is 0.0121. The summed E-state index contributed by atoms with van der Waals surface area (Å²) in [5, 5.41) is 59.4. The van der Waals surface area contributed by atoms with Gasteiger partial charge < -0.3 is 70.8 Å². The number of allylic oxidation sites excluding steroid dienone is 3. The van der Waals surface area contributed by atoms with Crippen molar-refractivity contribution in [2.75, 3.05) is 64.7 Å². The topological polar surface area (TPSA) is 420 Å². The molecular formula is C44H69FN12O18P2. The van der Waals surface area contributed by atoms with Crippen LogP contribution in [0.25, 0.3) is 11.2 Å². The number of ether oxygens (including phenoxy) is 4. The molecule has 0 bridgehead atoms. The molecule has 2 fully saturated rings. The Kier molecular flexibility index (Phi) is 26.2. The van der Waals surface area contributed by atoms with Crippen molar-refractivity contribution in [1.29, 1.82) is 0 Å². The highest BCUT2D eigenvalue weighted by atomic mass is 31.3. The first-order valence-electron chi connectivity index (χ1n) is 24.8. The van der Waals surface area contributed by atoms with Crippen LogP contribution in [-0.2, 0) is 69.0 Å². The molecule has 3 amide bonds. The number of aliphatic hydroxyl groups excluding tert-OH is 4. The Bertz CT molecular complexity index is 2520. The number of nitrogens with one attached hydrogen (secondary N) is 3. The summed E-state index contributed by atoms with van der Waals surface area (Å²) in [6.45, 7) is 2.21. The Labute approximate surface area is 441 Å². The molecule has 33 heteroatoms. The summed E-state index contributed by atoms with van der Waals surface area (Å²) in [5.41, 5.74) is 6.35. The number of aromatic nitrogens is 7. The molecule has 10 atom stereocenters. The average molecular weight is 1140 g/mol. The van der Waals surface area contributed by atoms with Gasteiger partial charge in [-0.1, -0.05) is 30.2 Å². The number of halogens is 1. The summed E-state index contributed by atoms with van der Waals surface area (Å²) >= 11 is 0. The van der Waals surface area contributed by atoms with Crippen molar-refractivity contribution in [3.05, 3.63) is 48.3 Å². The van der Waals surface area contributed by atoms with E-state index in [2.05, 4.69) is 50.5 Å². The van der Waals surface area contributed by atoms with Crippen molar-refractivity contribution in [1.82, 2.24) is 45.1 Å². The van der Waals surface area contributed by atoms with E-state index in [1.54, 1.807) is 17.7 Å². The van der Waals surface area contributed by atoms with Crippen molar-refractivity contribution < 1.29 is 90.4 Å². The average Bonchev–Trinajstić information content (AvgIpc) is 4.18. The van der Waals surface area contributed by atoms with Crippen molar-refractivity contribution >= 4 is 56.6 Å². The van der Waals surface area contributed by atoms with Crippen molar-refractivity contribution in [2.24, 2.45) is 10.7 Å². The number of phosphoric acid groups is 2. The lowest BCUT2D eigenvalue weighted by molar-refractivity contribution is -0.122. The molecule has 2 saturated heterocycles. The highest BCUT2D eigenvalue weighted by Gasteiger charge is 2.47. The highest BCUT2D eigenvalue weighted by Crippen LogP contribution is 2.60. The monoisotopic (exact) mass is 1130 g/mol. The first-order valence-corrected chi connectivity index (χ1v) is 27.8. The number of aliphatic hydroxyl groups is 4. The zero-order valence-electron chi connectivity index (χ0n) is 42.3. The molecule has 0 radical (unpaired) electrons. The van der Waals surface area contributed by atoms with E-state index in [1.165, 1.54) is 29.4 Å². The molecule has 11 N–H and O–H groups in total. The van der Waals surface area contributed by atoms with E-state index in [-0.39, 0.29) is 35.2 Å². The first-order chi connectivity index (χ1) is 36.9. The zero-order valence-corrected chi connectivity index (χ0v) is 44.1. The van der Waals surface area contributed by atoms with E-state index in [9.17, 15) is 58.1 Å². The number of aliphatic imine (C=N–C) groups is 1. The van der Waals surface area contributed by atoms with Crippen LogP contribution in [0.2, 0.25) is 0 Å². The van der Waals surface area contributed by atoms with Gasteiger partial charge in [0, 0.05) is 45.2 Å². The van der Waals surface area contributed by atoms with E-state index in [4.69, 9.17) is 33.7 Å². The lowest BCUT2D eigenvalue weighted by Gasteiger charge is -2.20. The second kappa shape index (κ2) is 32.1. The number of imidazole rings is 1. The number of unbranched alkanes of at least 4 members (excludes halogenated alkanes) is 4. The molecule has 0 saturated carbocycles. The molecule has 77 heavy (non-hydrogen) atoms. The standard InChI is InChI=1S/C44H69FN12O18P2/c1-2-3-11-29(40(46)64)22-50-43-38(62)36(60)31(73-43)25-71-76(65,66)75-77(67,68)72-26-32-37(61)39(63)44(74-32)57-28-53-35-41(51-27-52-42(35)57)49-17-10-16-48-34(59)12-6-4-8-15-47-33(58)13-7-5-9-18-56-23-30(54-55-56)24-70-21-20-69-19-14-45/h2-3,11,22-23,27-28,31-32,36-39,43-44,60-63H,4-10,12-21,24-26H2,1H3,(H2,46,64)(H,47,58)(H,48,59)(H,65,66)(H,67,68)(H,49,51,52)/b3-2-,29-11+,50-22?/t31-,32-,36-,37-,38-,39-,43-,44-/m1/s1. The smallest absolute Gasteiger partial charge is 0.387 e. The van der Waals surface area contributed by atoms with Gasteiger partial charge in [0.05, 0.1) is 57.7 Å². The SMILES string of the molecule is C/C=C\C=C(/C=N[C@@H]1O[C@H](COP(=O)(O)OP(=O)(O)OC[C@H]2O[C@@H](n3cnc4c(NCCCNC(=O)CCCCCNC(=O)CCCCCn5cc(COCCOCCF)nn5)ncnc43)[C@H](O)[C@@H]2O)[C@@H](O)[C@H]1O)C(N)=O. The predicted octanol–water partition coefficient (Wildman–Crippen LogP) is 0.151. The van der Waals surface area contributed by atoms with E-state index >= 15 is 0 Å². The van der Waals surface area contributed by atoms with Gasteiger partial charge in [0.15, 0.2) is 29.4 Å². The van der Waals surface area contributed by atoms with Gasteiger partial charge in [-0.2, -0.15) is 4.31 Å². The lowest BCUT2D eigenvalue weighted by Crippen LogP contribution is -2.34. The van der Waals surface area contributed by atoms with Gasteiger partial charge >= 0.3 is 15.6 Å². The van der Waals surface area contributed by atoms with Crippen molar-refractivity contribution in [3.8, 4) is 0 Å². The summed E-state index contributed by atoms with van der Waals surface area (Å²) in [4.78, 5) is 73.4. The normalized spacial score (nSPS) is 23.5. The molecule has 3 aromatic rings. The fraction of sp³-hybridized carbons (Fsp3) is 0.659. The molecule has 0 aliphatic carbocycles. The Balaban J connectivity index is 0.928. The number of rotatable bonds is 37. The van der Waals surface area contributed by atoms with Gasteiger partial charge in [0.1, 0.15) is 55.3 Å². The third-order valence-corrected chi connectivity index (χ3v) is 14.1. The predicted molar refractivity (Wildman–Crippen MR) is 268 cm³/mol. The molecule has 0 aromatic carbocycles. The van der Waals surface area contributed by atoms with Crippen LogP contribution >= 0.6 is 15.6 Å². The fourth-order valence-electron chi connectivity index (χ4n) is 7.53. The molecule has 2 aliphatic heterocycles. The molecule has 30 nitrogen and oxygen atoms in total. The summed E-state index contributed by atoms with van der Waals surface area (Å²) in [6, 6.07) is 0. The minimum Gasteiger partial charge on any atom is -0.387 e. The number of hydrogen-bond donors (Lipinski definition) is 10. The van der Waals surface area contributed by atoms with Gasteiger partial charge in [-0.05, 0) is 45.1 Å². The number of carbonyl (C=O) groups excluding carboxylic acids is 3. The molecule has 430 valence electrons. The van der Waals surface area contributed by atoms with Gasteiger partial charge in [0.2, 0.25) is 17.7 Å². The molecule has 3 aromatic heterocycles. The fourth-order valence-corrected chi connectivity index (χ4v) is 9.62. The van der Waals surface area contributed by atoms with Crippen LogP contribution in [0.15, 0.2) is 47.6 Å². The highest BCUT2D eigenvalue weighted by molar-refractivity contribution is 7.61. The van der Waals surface area contributed by atoms with Crippen molar-refractivity contribution in [3.63, 3.8) is 0 Å². The minimum atomic E-state index is -5.46. The van der Waals surface area contributed by atoms with Gasteiger partial charge in [0.25, 0.3) is 0 Å². The Morgan fingerprint density at radius 2 is 1.49 bits per heavy atom. The lowest BCUT2D eigenvalue weighted by atomic mass is 10.1. The van der Waals surface area contributed by atoms with Crippen LogP contribution in [0.1, 0.15) is 76.6 Å². The second-order valence-corrected chi connectivity index (χ2v) is 20.5. The number of carbonyl (C=O) groups is 3. The molecule has 2 unspecified atom stereocenters. The van der Waals surface area contributed by atoms with Gasteiger partial charge in [-0.3, -0.25) is 37.7 Å². The second-order valence-electron chi connectivity index (χ2n) is 17.5. The van der Waals surface area contributed by atoms with Crippen LogP contribution in [0.4, 0.5) is 10.2 Å². The van der Waals surface area contributed by atoms with Crippen LogP contribution in [0.3, 0.4) is 0 Å². The third-order valence-electron chi connectivity index (χ3n) is 11.5. The third kappa shape index (κ3) is 20.9. The maximum atomic E-state index is 12.7. The van der Waals surface area contributed by atoms with Crippen LogP contribution in [-0.4, -0.2) is 191 Å². The number of phosphoric ester groups is 2. The summed E-state index contributed by atoms with van der Waals surface area (Å²) in [6.07, 6.45) is 3.02. The van der Waals surface area contributed by atoms with Crippen LogP contribution in [0, 0.1) is 0 Å². The largest absolute Gasteiger partial charge is 0.481 e. The number of alkyl halides is 1. The number of aryl methyl sites for hydroxylation is 1. The van der Waals surface area contributed by atoms with Crippen LogP contribution < -0.4 is 21.7 Å². The molecular weight excluding hydrogens is 1070 g/mol. The number of hydrogen-bond acceptors (Lipinski definition) is 23. The maximum Gasteiger partial charge on any atom is 0.481 e. The van der Waals surface area contributed by atoms with Crippen molar-refractivity contribution in [2.45, 2.75) is 127 Å². The number of primary amides is 1. The van der Waals surface area contributed by atoms with E-state index in [0.717, 1.165) is 38.3 Å². The van der Waals surface area contributed by atoms with Crippen LogP contribution in [0.5, 0.6) is 0 Å². The van der Waals surface area contributed by atoms with E-state index < -0.39 is 90.5 Å². The van der Waals surface area contributed by atoms with E-state index in [0.29, 0.717) is 83.2 Å². The number of amides is 3. The minimum absolute atomic E-state index is 0.0145. The number of nitrogens with two attached hydrogens (primary N) is 1. The number of nitrogens with zero attached hydrogens (tertiary/aromatic N) is 8. The molecule has 5 heterocycles. The Morgan fingerprint density at radius 1 is 0.831 bits per heavy atom.